The minimum atomic E-state index is -0.473. The lowest BCUT2D eigenvalue weighted by Gasteiger charge is -2.30. The fourth-order valence-electron chi connectivity index (χ4n) is 3.64. The van der Waals surface area contributed by atoms with Crippen LogP contribution in [-0.2, 0) is 40.9 Å². The molecule has 146 valence electrons. The highest BCUT2D eigenvalue weighted by Gasteiger charge is 2.32. The summed E-state index contributed by atoms with van der Waals surface area (Å²) in [5, 5.41) is 0. The highest BCUT2D eigenvalue weighted by atomic mass is 32.1. The lowest BCUT2D eigenvalue weighted by Crippen LogP contribution is -2.45. The van der Waals surface area contributed by atoms with Crippen LogP contribution in [0.3, 0.4) is 0 Å². The SMILES string of the molecule is Cn1c(=O)c2sc3c(c2n(CC(=O)N2CCOCC2)c1=O)COC(C)(C)C3. The molecule has 1 fully saturated rings. The maximum atomic E-state index is 12.8. The van der Waals surface area contributed by atoms with Crippen LogP contribution in [0.2, 0.25) is 0 Å². The maximum Gasteiger partial charge on any atom is 0.331 e. The molecule has 4 rings (SSSR count). The van der Waals surface area contributed by atoms with Crippen molar-refractivity contribution in [2.45, 2.75) is 39.0 Å². The van der Waals surface area contributed by atoms with Gasteiger partial charge in [-0.05, 0) is 13.8 Å². The van der Waals surface area contributed by atoms with Crippen LogP contribution < -0.4 is 11.2 Å². The molecular formula is C18H23N3O5S. The molecule has 0 bridgehead atoms. The molecule has 27 heavy (non-hydrogen) atoms. The Balaban J connectivity index is 1.84. The number of carbonyl (C=O) groups excluding carboxylic acids is 1. The molecule has 1 saturated heterocycles. The molecule has 0 unspecified atom stereocenters. The third kappa shape index (κ3) is 3.13. The van der Waals surface area contributed by atoms with E-state index in [9.17, 15) is 14.4 Å². The second kappa shape index (κ2) is 6.57. The molecular weight excluding hydrogens is 370 g/mol. The standard InChI is InChI=1S/C18H23N3O5S/c1-18(2)8-12-11(10-26-18)14-15(27-12)16(23)19(3)17(24)21(14)9-13(22)20-4-6-25-7-5-20/h4-10H2,1-3H3. The van der Waals surface area contributed by atoms with Gasteiger partial charge in [-0.25, -0.2) is 4.79 Å². The van der Waals surface area contributed by atoms with Crippen molar-refractivity contribution in [1.82, 2.24) is 14.0 Å². The lowest BCUT2D eigenvalue weighted by molar-refractivity contribution is -0.135. The van der Waals surface area contributed by atoms with E-state index in [-0.39, 0.29) is 23.6 Å². The molecule has 0 spiro atoms. The summed E-state index contributed by atoms with van der Waals surface area (Å²) in [5.41, 5.74) is 0.314. The number of thiophene rings is 1. The zero-order valence-electron chi connectivity index (χ0n) is 15.7. The minimum Gasteiger partial charge on any atom is -0.378 e. The molecule has 8 nitrogen and oxygen atoms in total. The van der Waals surface area contributed by atoms with E-state index in [0.717, 1.165) is 15.0 Å². The number of hydrogen-bond acceptors (Lipinski definition) is 6. The van der Waals surface area contributed by atoms with Gasteiger partial charge in [-0.3, -0.25) is 18.7 Å². The topological polar surface area (TPSA) is 82.8 Å². The van der Waals surface area contributed by atoms with Gasteiger partial charge in [0, 0.05) is 37.0 Å². The van der Waals surface area contributed by atoms with Crippen LogP contribution in [0.15, 0.2) is 9.59 Å². The predicted molar refractivity (Wildman–Crippen MR) is 101 cm³/mol. The molecule has 4 heterocycles. The van der Waals surface area contributed by atoms with Gasteiger partial charge >= 0.3 is 5.69 Å². The van der Waals surface area contributed by atoms with Crippen molar-refractivity contribution in [3.8, 4) is 0 Å². The molecule has 0 atom stereocenters. The summed E-state index contributed by atoms with van der Waals surface area (Å²) >= 11 is 1.41. The predicted octanol–water partition coefficient (Wildman–Crippen LogP) is 0.472. The number of ether oxygens (including phenoxy) is 2. The first-order valence-corrected chi connectivity index (χ1v) is 9.84. The van der Waals surface area contributed by atoms with E-state index in [0.29, 0.717) is 49.5 Å². The van der Waals surface area contributed by atoms with Gasteiger partial charge in [0.15, 0.2) is 0 Å². The summed E-state index contributed by atoms with van der Waals surface area (Å²) in [5.74, 6) is -0.141. The fourth-order valence-corrected chi connectivity index (χ4v) is 5.14. The number of amides is 1. The van der Waals surface area contributed by atoms with Crippen LogP contribution in [0, 0.1) is 0 Å². The van der Waals surface area contributed by atoms with Crippen LogP contribution in [0.4, 0.5) is 0 Å². The summed E-state index contributed by atoms with van der Waals surface area (Å²) in [7, 11) is 1.46. The lowest BCUT2D eigenvalue weighted by atomic mass is 9.98. The van der Waals surface area contributed by atoms with Crippen molar-refractivity contribution in [2.24, 2.45) is 7.05 Å². The maximum absolute atomic E-state index is 12.8. The highest BCUT2D eigenvalue weighted by Crippen LogP contribution is 2.37. The van der Waals surface area contributed by atoms with E-state index in [1.807, 2.05) is 13.8 Å². The van der Waals surface area contributed by atoms with Gasteiger partial charge in [0.2, 0.25) is 5.91 Å². The molecule has 0 aliphatic carbocycles. The van der Waals surface area contributed by atoms with Crippen molar-refractivity contribution in [3.63, 3.8) is 0 Å². The molecule has 1 amide bonds. The Bertz CT molecular complexity index is 1030. The average Bonchev–Trinajstić information content (AvgIpc) is 3.01. The Labute approximate surface area is 159 Å². The van der Waals surface area contributed by atoms with Gasteiger partial charge in [0.05, 0.1) is 30.9 Å². The van der Waals surface area contributed by atoms with E-state index in [4.69, 9.17) is 9.47 Å². The minimum absolute atomic E-state index is 0.0873. The first-order chi connectivity index (χ1) is 12.8. The van der Waals surface area contributed by atoms with E-state index in [1.165, 1.54) is 23.0 Å². The number of nitrogens with zero attached hydrogens (tertiary/aromatic N) is 3. The summed E-state index contributed by atoms with van der Waals surface area (Å²) in [6.07, 6.45) is 0.677. The normalized spacial score (nSPS) is 19.3. The Morgan fingerprint density at radius 3 is 2.63 bits per heavy atom. The Morgan fingerprint density at radius 1 is 1.22 bits per heavy atom. The Kier molecular flexibility index (Phi) is 4.48. The van der Waals surface area contributed by atoms with Gasteiger partial charge in [-0.15, -0.1) is 11.3 Å². The number of morpholine rings is 1. The molecule has 0 radical (unpaired) electrons. The van der Waals surface area contributed by atoms with Gasteiger partial charge in [-0.2, -0.15) is 0 Å². The molecule has 2 aliphatic rings. The third-order valence-corrected chi connectivity index (χ3v) is 6.41. The summed E-state index contributed by atoms with van der Waals surface area (Å²) in [4.78, 5) is 41.0. The Morgan fingerprint density at radius 2 is 1.93 bits per heavy atom. The van der Waals surface area contributed by atoms with Crippen LogP contribution in [-0.4, -0.2) is 51.8 Å². The number of aromatic nitrogens is 2. The van der Waals surface area contributed by atoms with Gasteiger partial charge in [0.25, 0.3) is 5.56 Å². The van der Waals surface area contributed by atoms with E-state index >= 15 is 0 Å². The van der Waals surface area contributed by atoms with E-state index < -0.39 is 5.69 Å². The van der Waals surface area contributed by atoms with Crippen LogP contribution in [0.25, 0.3) is 10.2 Å². The first kappa shape index (κ1) is 18.4. The zero-order chi connectivity index (χ0) is 19.3. The van der Waals surface area contributed by atoms with Crippen LogP contribution in [0.1, 0.15) is 24.3 Å². The van der Waals surface area contributed by atoms with Crippen molar-refractivity contribution in [2.75, 3.05) is 26.3 Å². The summed E-state index contributed by atoms with van der Waals surface area (Å²) in [6, 6.07) is 0. The largest absolute Gasteiger partial charge is 0.378 e. The van der Waals surface area contributed by atoms with Gasteiger partial charge in [-0.1, -0.05) is 0 Å². The molecule has 0 aromatic carbocycles. The quantitative estimate of drug-likeness (QED) is 0.741. The Hall–Kier alpha value is -1.97. The number of carbonyl (C=O) groups is 1. The number of hydrogen-bond donors (Lipinski definition) is 0. The molecule has 0 saturated carbocycles. The monoisotopic (exact) mass is 393 g/mol. The molecule has 2 aromatic rings. The van der Waals surface area contributed by atoms with Crippen molar-refractivity contribution >= 4 is 27.5 Å². The highest BCUT2D eigenvalue weighted by molar-refractivity contribution is 7.19. The van der Waals surface area contributed by atoms with E-state index in [2.05, 4.69) is 0 Å². The van der Waals surface area contributed by atoms with Crippen LogP contribution in [0.5, 0.6) is 0 Å². The van der Waals surface area contributed by atoms with Gasteiger partial charge in [0.1, 0.15) is 11.2 Å². The molecule has 2 aliphatic heterocycles. The fraction of sp³-hybridized carbons (Fsp3) is 0.611. The third-order valence-electron chi connectivity index (χ3n) is 5.20. The number of fused-ring (bicyclic) bond motifs is 3. The summed E-state index contributed by atoms with van der Waals surface area (Å²) in [6.45, 7) is 6.29. The smallest absolute Gasteiger partial charge is 0.331 e. The first-order valence-electron chi connectivity index (χ1n) is 9.02. The van der Waals surface area contributed by atoms with E-state index in [1.54, 1.807) is 4.90 Å². The molecule has 2 aromatic heterocycles. The van der Waals surface area contributed by atoms with Crippen molar-refractivity contribution in [1.29, 1.82) is 0 Å². The average molecular weight is 393 g/mol. The second-order valence-corrected chi connectivity index (χ2v) is 8.74. The van der Waals surface area contributed by atoms with Gasteiger partial charge < -0.3 is 14.4 Å². The molecule has 0 N–H and O–H groups in total. The summed E-state index contributed by atoms with van der Waals surface area (Å²) < 4.78 is 14.2. The number of rotatable bonds is 2. The van der Waals surface area contributed by atoms with Crippen molar-refractivity contribution in [3.05, 3.63) is 31.3 Å². The van der Waals surface area contributed by atoms with Crippen molar-refractivity contribution < 1.29 is 14.3 Å². The second-order valence-electron chi connectivity index (χ2n) is 7.63. The molecule has 9 heteroatoms. The van der Waals surface area contributed by atoms with Crippen LogP contribution >= 0.6 is 11.3 Å². The zero-order valence-corrected chi connectivity index (χ0v) is 16.6.